The molecule has 0 radical (unpaired) electrons. The summed E-state index contributed by atoms with van der Waals surface area (Å²) in [6, 6.07) is 0. The van der Waals surface area contributed by atoms with E-state index in [-0.39, 0.29) is 37.2 Å². The van der Waals surface area contributed by atoms with Gasteiger partial charge >= 0.3 is 0 Å². The highest BCUT2D eigenvalue weighted by Crippen LogP contribution is 2.25. The van der Waals surface area contributed by atoms with Gasteiger partial charge in [-0.15, -0.1) is 0 Å². The number of hydrogen-bond donors (Lipinski definition) is 2. The van der Waals surface area contributed by atoms with E-state index in [0.29, 0.717) is 0 Å². The van der Waals surface area contributed by atoms with Gasteiger partial charge in [-0.1, -0.05) is 0 Å². The molecule has 0 aliphatic carbocycles. The molecule has 5 atom stereocenters. The van der Waals surface area contributed by atoms with Gasteiger partial charge in [-0.2, -0.15) is 0 Å². The zero-order valence-electron chi connectivity index (χ0n) is 13.6. The number of aliphatic hydroxyl groups is 2. The summed E-state index contributed by atoms with van der Waals surface area (Å²) in [6.07, 6.45) is -5.88. The normalized spacial score (nSPS) is 30.9. The van der Waals surface area contributed by atoms with Crippen LogP contribution in [-0.2, 0) is 28.6 Å². The van der Waals surface area contributed by atoms with E-state index in [0.717, 1.165) is 0 Å². The minimum Gasteiger partial charge on any atom is -0.387 e. The highest BCUT2D eigenvalue weighted by atomic mass is 16.7. The van der Waals surface area contributed by atoms with E-state index < -0.39 is 36.5 Å². The SMILES string of the molecule is COC1OC(C(=O)CCC(=O)CCC(C)=O)C(OC)C(O)C1O. The predicted octanol–water partition coefficient (Wildman–Crippen LogP) is -0.618. The Morgan fingerprint density at radius 2 is 1.57 bits per heavy atom. The summed E-state index contributed by atoms with van der Waals surface area (Å²) < 4.78 is 15.3. The Labute approximate surface area is 134 Å². The summed E-state index contributed by atoms with van der Waals surface area (Å²) in [7, 11) is 2.57. The van der Waals surface area contributed by atoms with E-state index >= 15 is 0 Å². The van der Waals surface area contributed by atoms with E-state index in [4.69, 9.17) is 14.2 Å². The van der Waals surface area contributed by atoms with Crippen molar-refractivity contribution >= 4 is 17.3 Å². The van der Waals surface area contributed by atoms with Crippen molar-refractivity contribution < 1.29 is 38.8 Å². The first-order valence-corrected chi connectivity index (χ1v) is 7.42. The van der Waals surface area contributed by atoms with Crippen LogP contribution in [0.5, 0.6) is 0 Å². The third-order valence-electron chi connectivity index (χ3n) is 3.77. The lowest BCUT2D eigenvalue weighted by molar-refractivity contribution is -0.286. The van der Waals surface area contributed by atoms with Crippen molar-refractivity contribution in [2.45, 2.75) is 63.3 Å². The predicted molar refractivity (Wildman–Crippen MR) is 77.6 cm³/mol. The Kier molecular flexibility index (Phi) is 7.93. The number of ketones is 3. The summed E-state index contributed by atoms with van der Waals surface area (Å²) in [4.78, 5) is 34.7. The molecule has 5 unspecified atom stereocenters. The van der Waals surface area contributed by atoms with Crippen molar-refractivity contribution in [3.63, 3.8) is 0 Å². The lowest BCUT2D eigenvalue weighted by Crippen LogP contribution is -2.60. The highest BCUT2D eigenvalue weighted by Gasteiger charge is 2.47. The molecule has 1 rings (SSSR count). The van der Waals surface area contributed by atoms with Crippen molar-refractivity contribution in [2.75, 3.05) is 14.2 Å². The van der Waals surface area contributed by atoms with Crippen LogP contribution in [0.4, 0.5) is 0 Å². The molecule has 0 aromatic rings. The Balaban J connectivity index is 2.61. The lowest BCUT2D eigenvalue weighted by atomic mass is 9.93. The Hall–Kier alpha value is -1.19. The number of hydrogen-bond acceptors (Lipinski definition) is 8. The van der Waals surface area contributed by atoms with E-state index in [9.17, 15) is 24.6 Å². The number of Topliss-reactive ketones (excluding diaryl/α,β-unsaturated/α-hetero) is 3. The van der Waals surface area contributed by atoms with Crippen LogP contribution in [0, 0.1) is 0 Å². The molecule has 8 heteroatoms. The van der Waals surface area contributed by atoms with Gasteiger partial charge in [-0.05, 0) is 6.92 Å². The van der Waals surface area contributed by atoms with Crippen LogP contribution in [-0.4, -0.2) is 72.5 Å². The first kappa shape index (κ1) is 19.9. The second-order valence-electron chi connectivity index (χ2n) is 5.55. The van der Waals surface area contributed by atoms with Gasteiger partial charge in [0.2, 0.25) is 0 Å². The highest BCUT2D eigenvalue weighted by molar-refractivity contribution is 5.90. The minimum absolute atomic E-state index is 0.0152. The molecule has 0 aromatic heterocycles. The number of ether oxygens (including phenoxy) is 3. The van der Waals surface area contributed by atoms with Crippen LogP contribution in [0.2, 0.25) is 0 Å². The van der Waals surface area contributed by atoms with Gasteiger partial charge in [-0.25, -0.2) is 0 Å². The average Bonchev–Trinajstić information content (AvgIpc) is 2.52. The van der Waals surface area contributed by atoms with Crippen LogP contribution in [0.15, 0.2) is 0 Å². The molecule has 0 saturated carbocycles. The summed E-state index contributed by atoms with van der Waals surface area (Å²) in [5.74, 6) is -0.706. The van der Waals surface area contributed by atoms with Crippen molar-refractivity contribution in [3.05, 3.63) is 0 Å². The largest absolute Gasteiger partial charge is 0.387 e. The molecule has 1 heterocycles. The second kappa shape index (κ2) is 9.19. The van der Waals surface area contributed by atoms with Gasteiger partial charge in [0.15, 0.2) is 12.1 Å². The van der Waals surface area contributed by atoms with Crippen LogP contribution in [0.25, 0.3) is 0 Å². The molecule has 1 fully saturated rings. The zero-order chi connectivity index (χ0) is 17.6. The Morgan fingerprint density at radius 3 is 2.09 bits per heavy atom. The molecule has 1 aliphatic rings. The molecule has 2 N–H and O–H groups in total. The van der Waals surface area contributed by atoms with Gasteiger partial charge in [0.05, 0.1) is 0 Å². The van der Waals surface area contributed by atoms with Crippen molar-refractivity contribution in [1.82, 2.24) is 0 Å². The fourth-order valence-corrected chi connectivity index (χ4v) is 2.40. The maximum Gasteiger partial charge on any atom is 0.186 e. The van der Waals surface area contributed by atoms with Gasteiger partial charge < -0.3 is 29.2 Å². The van der Waals surface area contributed by atoms with Crippen molar-refractivity contribution in [3.8, 4) is 0 Å². The summed E-state index contributed by atoms with van der Waals surface area (Å²) in [5.41, 5.74) is 0. The number of aliphatic hydroxyl groups excluding tert-OH is 2. The lowest BCUT2D eigenvalue weighted by Gasteiger charge is -2.40. The standard InChI is InChI=1S/C15H24O8/c1-8(16)4-5-9(17)6-7-10(18)13-14(21-2)11(19)12(20)15(22-3)23-13/h11-15,19-20H,4-7H2,1-3H3. The van der Waals surface area contributed by atoms with Crippen LogP contribution >= 0.6 is 0 Å². The molecule has 1 aliphatic heterocycles. The van der Waals surface area contributed by atoms with Gasteiger partial charge in [-0.3, -0.25) is 9.59 Å². The molecule has 23 heavy (non-hydrogen) atoms. The zero-order valence-corrected chi connectivity index (χ0v) is 13.6. The number of carbonyl (C=O) groups excluding carboxylic acids is 3. The second-order valence-corrected chi connectivity index (χ2v) is 5.55. The van der Waals surface area contributed by atoms with Crippen LogP contribution < -0.4 is 0 Å². The maximum absolute atomic E-state index is 12.3. The number of methoxy groups -OCH3 is 2. The van der Waals surface area contributed by atoms with Crippen molar-refractivity contribution in [1.29, 1.82) is 0 Å². The first-order chi connectivity index (χ1) is 10.8. The van der Waals surface area contributed by atoms with Crippen LogP contribution in [0.1, 0.15) is 32.6 Å². The molecule has 8 nitrogen and oxygen atoms in total. The molecule has 0 spiro atoms. The smallest absolute Gasteiger partial charge is 0.186 e. The fourth-order valence-electron chi connectivity index (χ4n) is 2.40. The Morgan fingerprint density at radius 1 is 0.957 bits per heavy atom. The topological polar surface area (TPSA) is 119 Å². The number of carbonyl (C=O) groups is 3. The van der Waals surface area contributed by atoms with E-state index in [1.54, 1.807) is 0 Å². The molecule has 0 amide bonds. The molecule has 0 bridgehead atoms. The monoisotopic (exact) mass is 332 g/mol. The molecule has 132 valence electrons. The third kappa shape index (κ3) is 5.43. The van der Waals surface area contributed by atoms with Gasteiger partial charge in [0.1, 0.15) is 36.0 Å². The van der Waals surface area contributed by atoms with Gasteiger partial charge in [0, 0.05) is 39.9 Å². The van der Waals surface area contributed by atoms with E-state index in [1.165, 1.54) is 21.1 Å². The third-order valence-corrected chi connectivity index (χ3v) is 3.77. The summed E-state index contributed by atoms with van der Waals surface area (Å²) >= 11 is 0. The molecule has 1 saturated heterocycles. The fraction of sp³-hybridized carbons (Fsp3) is 0.800. The summed E-state index contributed by atoms with van der Waals surface area (Å²) in [5, 5.41) is 19.8. The molecule has 0 aromatic carbocycles. The maximum atomic E-state index is 12.3. The Bertz CT molecular complexity index is 435. The van der Waals surface area contributed by atoms with E-state index in [2.05, 4.69) is 0 Å². The minimum atomic E-state index is -1.35. The van der Waals surface area contributed by atoms with Crippen LogP contribution in [0.3, 0.4) is 0 Å². The first-order valence-electron chi connectivity index (χ1n) is 7.42. The van der Waals surface area contributed by atoms with Gasteiger partial charge in [0.25, 0.3) is 0 Å². The summed E-state index contributed by atoms with van der Waals surface area (Å²) in [6.45, 7) is 1.40. The van der Waals surface area contributed by atoms with E-state index in [1.807, 2.05) is 0 Å². The van der Waals surface area contributed by atoms with Crippen molar-refractivity contribution in [2.24, 2.45) is 0 Å². The molecular formula is C15H24O8. The quantitative estimate of drug-likeness (QED) is 0.573. The molecular weight excluding hydrogens is 308 g/mol. The average molecular weight is 332 g/mol. The number of rotatable bonds is 9.